The van der Waals surface area contributed by atoms with Crippen LogP contribution in [0.1, 0.15) is 37.0 Å². The Bertz CT molecular complexity index is 581. The smallest absolute Gasteiger partial charge is 0.246 e. The van der Waals surface area contributed by atoms with Crippen LogP contribution in [-0.2, 0) is 19.5 Å². The second-order valence-electron chi connectivity index (χ2n) is 5.43. The molecular weight excluding hydrogens is 264 g/mol. The van der Waals surface area contributed by atoms with Crippen molar-refractivity contribution < 1.29 is 4.52 Å². The van der Waals surface area contributed by atoms with Gasteiger partial charge in [-0.05, 0) is 18.1 Å². The predicted molar refractivity (Wildman–Crippen MR) is 82.1 cm³/mol. The van der Waals surface area contributed by atoms with Gasteiger partial charge in [0.15, 0.2) is 5.82 Å². The molecule has 5 nitrogen and oxygen atoms in total. The van der Waals surface area contributed by atoms with Crippen LogP contribution < -0.4 is 10.2 Å². The molecule has 1 aromatic carbocycles. The number of unbranched alkanes of at least 4 members (excludes halogenated alkanes) is 1. The third-order valence-electron chi connectivity index (χ3n) is 3.80. The van der Waals surface area contributed by atoms with Crippen LogP contribution in [0.25, 0.3) is 0 Å². The summed E-state index contributed by atoms with van der Waals surface area (Å²) in [4.78, 5) is 6.82. The van der Waals surface area contributed by atoms with Gasteiger partial charge in [0.2, 0.25) is 5.89 Å². The molecule has 0 spiro atoms. The first-order chi connectivity index (χ1) is 10.4. The van der Waals surface area contributed by atoms with Crippen molar-refractivity contribution in [2.24, 2.45) is 0 Å². The number of anilines is 1. The number of rotatable bonds is 5. The van der Waals surface area contributed by atoms with Gasteiger partial charge in [-0.3, -0.25) is 0 Å². The van der Waals surface area contributed by atoms with E-state index in [9.17, 15) is 0 Å². The van der Waals surface area contributed by atoms with Crippen LogP contribution in [0.5, 0.6) is 0 Å². The Labute approximate surface area is 125 Å². The maximum absolute atomic E-state index is 5.40. The molecule has 1 aromatic heterocycles. The fourth-order valence-corrected chi connectivity index (χ4v) is 2.64. The molecule has 0 bridgehead atoms. The molecule has 21 heavy (non-hydrogen) atoms. The summed E-state index contributed by atoms with van der Waals surface area (Å²) < 4.78 is 5.40. The van der Waals surface area contributed by atoms with Crippen molar-refractivity contribution in [3.05, 3.63) is 41.5 Å². The van der Waals surface area contributed by atoms with Gasteiger partial charge in [-0.15, -0.1) is 0 Å². The minimum Gasteiger partial charge on any atom is -0.361 e. The first-order valence-electron chi connectivity index (χ1n) is 7.72. The third kappa shape index (κ3) is 3.42. The van der Waals surface area contributed by atoms with Gasteiger partial charge in [0.1, 0.15) is 0 Å². The highest BCUT2D eigenvalue weighted by atomic mass is 16.5. The summed E-state index contributed by atoms with van der Waals surface area (Å²) in [6.45, 7) is 5.67. The van der Waals surface area contributed by atoms with E-state index in [2.05, 4.69) is 51.5 Å². The average molecular weight is 286 g/mol. The standard InChI is InChI=1S/C16H22N4O/c1-2-3-8-15-18-16(21-19-15)12-20-10-9-17-11-13-6-4-5-7-14(13)20/h4-7,17H,2-3,8-12H2,1H3. The molecule has 0 atom stereocenters. The van der Waals surface area contributed by atoms with E-state index in [1.54, 1.807) is 0 Å². The second kappa shape index (κ2) is 6.72. The van der Waals surface area contributed by atoms with E-state index < -0.39 is 0 Å². The van der Waals surface area contributed by atoms with E-state index in [-0.39, 0.29) is 0 Å². The SMILES string of the molecule is CCCCc1noc(CN2CCNCc3ccccc32)n1. The zero-order chi connectivity index (χ0) is 14.5. The van der Waals surface area contributed by atoms with Gasteiger partial charge in [0.05, 0.1) is 6.54 Å². The lowest BCUT2D eigenvalue weighted by Crippen LogP contribution is -2.28. The molecule has 0 aliphatic carbocycles. The zero-order valence-corrected chi connectivity index (χ0v) is 12.5. The number of aromatic nitrogens is 2. The molecular formula is C16H22N4O. The van der Waals surface area contributed by atoms with Crippen LogP contribution in [-0.4, -0.2) is 23.2 Å². The maximum Gasteiger partial charge on any atom is 0.246 e. The van der Waals surface area contributed by atoms with Gasteiger partial charge < -0.3 is 14.7 Å². The van der Waals surface area contributed by atoms with E-state index in [0.29, 0.717) is 12.4 Å². The summed E-state index contributed by atoms with van der Waals surface area (Å²) >= 11 is 0. The van der Waals surface area contributed by atoms with Gasteiger partial charge in [0.25, 0.3) is 0 Å². The molecule has 1 aliphatic rings. The van der Waals surface area contributed by atoms with Gasteiger partial charge in [-0.25, -0.2) is 0 Å². The average Bonchev–Trinajstić information content (AvgIpc) is 2.86. The Hall–Kier alpha value is -1.88. The van der Waals surface area contributed by atoms with E-state index in [1.165, 1.54) is 11.3 Å². The van der Waals surface area contributed by atoms with Crippen molar-refractivity contribution in [1.82, 2.24) is 15.5 Å². The normalized spacial score (nSPS) is 14.8. The van der Waals surface area contributed by atoms with Crippen LogP contribution in [0.4, 0.5) is 5.69 Å². The van der Waals surface area contributed by atoms with Crippen molar-refractivity contribution >= 4 is 5.69 Å². The van der Waals surface area contributed by atoms with Crippen molar-refractivity contribution in [3.8, 4) is 0 Å². The highest BCUT2D eigenvalue weighted by molar-refractivity contribution is 5.54. The molecule has 1 N–H and O–H groups in total. The number of nitrogens with zero attached hydrogens (tertiary/aromatic N) is 3. The predicted octanol–water partition coefficient (Wildman–Crippen LogP) is 2.52. The number of fused-ring (bicyclic) bond motifs is 1. The molecule has 0 amide bonds. The number of nitrogens with one attached hydrogen (secondary N) is 1. The molecule has 3 rings (SSSR count). The number of para-hydroxylation sites is 1. The van der Waals surface area contributed by atoms with Crippen LogP contribution in [0.2, 0.25) is 0 Å². The summed E-state index contributed by atoms with van der Waals surface area (Å²) in [6.07, 6.45) is 3.16. The largest absolute Gasteiger partial charge is 0.361 e. The molecule has 112 valence electrons. The summed E-state index contributed by atoms with van der Waals surface area (Å²) in [5.41, 5.74) is 2.58. The number of aryl methyl sites for hydroxylation is 1. The monoisotopic (exact) mass is 286 g/mol. The van der Waals surface area contributed by atoms with Crippen molar-refractivity contribution in [2.75, 3.05) is 18.0 Å². The Morgan fingerprint density at radius 2 is 2.24 bits per heavy atom. The van der Waals surface area contributed by atoms with Gasteiger partial charge >= 0.3 is 0 Å². The zero-order valence-electron chi connectivity index (χ0n) is 12.5. The van der Waals surface area contributed by atoms with Crippen molar-refractivity contribution in [2.45, 2.75) is 39.3 Å². The van der Waals surface area contributed by atoms with Crippen LogP contribution in [0, 0.1) is 0 Å². The molecule has 0 saturated carbocycles. The number of hydrogen-bond acceptors (Lipinski definition) is 5. The summed E-state index contributed by atoms with van der Waals surface area (Å²) in [6, 6.07) is 8.50. The van der Waals surface area contributed by atoms with Gasteiger partial charge in [-0.2, -0.15) is 4.98 Å². The Morgan fingerprint density at radius 1 is 1.33 bits per heavy atom. The van der Waals surface area contributed by atoms with Crippen LogP contribution in [0.3, 0.4) is 0 Å². The van der Waals surface area contributed by atoms with E-state index in [4.69, 9.17) is 4.52 Å². The molecule has 1 aliphatic heterocycles. The van der Waals surface area contributed by atoms with Crippen LogP contribution >= 0.6 is 0 Å². The van der Waals surface area contributed by atoms with Gasteiger partial charge in [0, 0.05) is 31.7 Å². The van der Waals surface area contributed by atoms with E-state index >= 15 is 0 Å². The maximum atomic E-state index is 5.40. The topological polar surface area (TPSA) is 54.2 Å². The Morgan fingerprint density at radius 3 is 3.14 bits per heavy atom. The summed E-state index contributed by atoms with van der Waals surface area (Å²) in [7, 11) is 0. The first-order valence-corrected chi connectivity index (χ1v) is 7.72. The molecule has 2 aromatic rings. The van der Waals surface area contributed by atoms with Crippen molar-refractivity contribution in [3.63, 3.8) is 0 Å². The van der Waals surface area contributed by atoms with E-state index in [1.807, 2.05) is 0 Å². The lowest BCUT2D eigenvalue weighted by Gasteiger charge is -2.22. The molecule has 5 heteroatoms. The Balaban J connectivity index is 1.73. The fraction of sp³-hybridized carbons (Fsp3) is 0.500. The number of benzene rings is 1. The molecule has 0 unspecified atom stereocenters. The molecule has 0 fully saturated rings. The van der Waals surface area contributed by atoms with E-state index in [0.717, 1.165) is 44.7 Å². The molecule has 0 radical (unpaired) electrons. The third-order valence-corrected chi connectivity index (χ3v) is 3.80. The quantitative estimate of drug-likeness (QED) is 0.915. The van der Waals surface area contributed by atoms with Gasteiger partial charge in [-0.1, -0.05) is 36.7 Å². The highest BCUT2D eigenvalue weighted by Gasteiger charge is 2.17. The fourth-order valence-electron chi connectivity index (χ4n) is 2.64. The minimum absolute atomic E-state index is 0.678. The lowest BCUT2D eigenvalue weighted by atomic mass is 10.1. The second-order valence-corrected chi connectivity index (χ2v) is 5.43. The Kier molecular flexibility index (Phi) is 4.50. The minimum atomic E-state index is 0.678. The lowest BCUT2D eigenvalue weighted by molar-refractivity contribution is 0.370. The molecule has 2 heterocycles. The highest BCUT2D eigenvalue weighted by Crippen LogP contribution is 2.23. The first kappa shape index (κ1) is 14.1. The molecule has 0 saturated heterocycles. The van der Waals surface area contributed by atoms with Crippen molar-refractivity contribution in [1.29, 1.82) is 0 Å². The number of hydrogen-bond donors (Lipinski definition) is 1. The summed E-state index contributed by atoms with van der Waals surface area (Å²) in [5.74, 6) is 1.53. The van der Waals surface area contributed by atoms with Crippen LogP contribution in [0.15, 0.2) is 28.8 Å². The summed E-state index contributed by atoms with van der Waals surface area (Å²) in [5, 5.41) is 7.51.